The number of benzene rings is 1. The Morgan fingerprint density at radius 3 is 2.72 bits per heavy atom. The van der Waals surface area contributed by atoms with E-state index in [1.54, 1.807) is 0 Å². The van der Waals surface area contributed by atoms with E-state index < -0.39 is 0 Å². The fraction of sp³-hybridized carbons (Fsp3) is 0.600. The van der Waals surface area contributed by atoms with Crippen molar-refractivity contribution in [1.82, 2.24) is 5.32 Å². The maximum absolute atomic E-state index is 5.91. The molecule has 18 heavy (non-hydrogen) atoms. The lowest BCUT2D eigenvalue weighted by Crippen LogP contribution is -2.46. The second-order valence-electron chi connectivity index (χ2n) is 5.38. The summed E-state index contributed by atoms with van der Waals surface area (Å²) in [4.78, 5) is 0. The molecule has 0 saturated carbocycles. The number of ether oxygens (including phenoxy) is 1. The van der Waals surface area contributed by atoms with Crippen LogP contribution in [-0.2, 0) is 11.2 Å². The Balaban J connectivity index is 1.98. The molecule has 0 radical (unpaired) electrons. The maximum Gasteiger partial charge on any atom is 0.0512 e. The molecule has 3 heteroatoms. The van der Waals surface area contributed by atoms with Gasteiger partial charge in [-0.25, -0.2) is 0 Å². The van der Waals surface area contributed by atoms with Crippen molar-refractivity contribution in [2.75, 3.05) is 13.2 Å². The average molecular weight is 268 g/mol. The van der Waals surface area contributed by atoms with Crippen LogP contribution in [0.4, 0.5) is 0 Å². The smallest absolute Gasteiger partial charge is 0.0512 e. The summed E-state index contributed by atoms with van der Waals surface area (Å²) in [6.45, 7) is 6.14. The van der Waals surface area contributed by atoms with Crippen LogP contribution in [0.2, 0.25) is 5.02 Å². The second kappa shape index (κ2) is 6.55. The lowest BCUT2D eigenvalue weighted by molar-refractivity contribution is 0.0300. The van der Waals surface area contributed by atoms with E-state index in [9.17, 15) is 0 Å². The topological polar surface area (TPSA) is 21.3 Å². The highest BCUT2D eigenvalue weighted by Gasteiger charge is 2.26. The van der Waals surface area contributed by atoms with Gasteiger partial charge in [0, 0.05) is 29.6 Å². The fourth-order valence-electron chi connectivity index (χ4n) is 2.57. The Morgan fingerprint density at radius 1 is 1.33 bits per heavy atom. The molecule has 0 aliphatic carbocycles. The number of hydrogen-bond acceptors (Lipinski definition) is 2. The largest absolute Gasteiger partial charge is 0.381 e. The number of halogens is 1. The summed E-state index contributed by atoms with van der Waals surface area (Å²) in [7, 11) is 0. The first kappa shape index (κ1) is 13.9. The van der Waals surface area contributed by atoms with Crippen molar-refractivity contribution < 1.29 is 4.74 Å². The van der Waals surface area contributed by atoms with E-state index in [0.717, 1.165) is 31.1 Å². The SMILES string of the molecule is CC(C)N[C@H]1CCOC[C@H]1Cc1ccc(Cl)cc1. The van der Waals surface area contributed by atoms with Gasteiger partial charge in [-0.1, -0.05) is 37.6 Å². The minimum Gasteiger partial charge on any atom is -0.381 e. The lowest BCUT2D eigenvalue weighted by Gasteiger charge is -2.33. The Hall–Kier alpha value is -0.570. The monoisotopic (exact) mass is 267 g/mol. The molecule has 1 heterocycles. The Labute approximate surface area is 115 Å². The molecule has 100 valence electrons. The molecule has 2 atom stereocenters. The van der Waals surface area contributed by atoms with Gasteiger partial charge in [-0.05, 0) is 30.5 Å². The molecule has 0 amide bonds. The molecule has 2 nitrogen and oxygen atoms in total. The zero-order valence-corrected chi connectivity index (χ0v) is 11.9. The quantitative estimate of drug-likeness (QED) is 0.904. The first-order valence-electron chi connectivity index (χ1n) is 6.73. The van der Waals surface area contributed by atoms with Gasteiger partial charge in [0.2, 0.25) is 0 Å². The van der Waals surface area contributed by atoms with Crippen LogP contribution in [0.3, 0.4) is 0 Å². The van der Waals surface area contributed by atoms with E-state index in [2.05, 4.69) is 31.3 Å². The molecule has 1 fully saturated rings. The van der Waals surface area contributed by atoms with Crippen molar-refractivity contribution in [1.29, 1.82) is 0 Å². The minimum absolute atomic E-state index is 0.529. The van der Waals surface area contributed by atoms with Gasteiger partial charge in [0.05, 0.1) is 6.61 Å². The minimum atomic E-state index is 0.529. The van der Waals surface area contributed by atoms with E-state index in [4.69, 9.17) is 16.3 Å². The maximum atomic E-state index is 5.91. The number of rotatable bonds is 4. The van der Waals surface area contributed by atoms with Crippen molar-refractivity contribution in [2.45, 2.75) is 38.8 Å². The van der Waals surface area contributed by atoms with Crippen LogP contribution in [0, 0.1) is 5.92 Å². The van der Waals surface area contributed by atoms with Gasteiger partial charge in [0.25, 0.3) is 0 Å². The second-order valence-corrected chi connectivity index (χ2v) is 5.82. The fourth-order valence-corrected chi connectivity index (χ4v) is 2.69. The third kappa shape index (κ3) is 3.98. The molecule has 1 aliphatic rings. The Bertz CT molecular complexity index is 363. The summed E-state index contributed by atoms with van der Waals surface area (Å²) in [6, 6.07) is 9.25. The molecule has 1 aliphatic heterocycles. The van der Waals surface area contributed by atoms with Gasteiger partial charge in [0.1, 0.15) is 0 Å². The van der Waals surface area contributed by atoms with Crippen molar-refractivity contribution in [3.63, 3.8) is 0 Å². The van der Waals surface area contributed by atoms with Gasteiger partial charge in [0.15, 0.2) is 0 Å². The molecule has 2 rings (SSSR count). The van der Waals surface area contributed by atoms with Crippen molar-refractivity contribution in [2.24, 2.45) is 5.92 Å². The van der Waals surface area contributed by atoms with Gasteiger partial charge < -0.3 is 10.1 Å². The first-order valence-corrected chi connectivity index (χ1v) is 7.11. The standard InChI is InChI=1S/C15H22ClNO/c1-11(2)17-15-7-8-18-10-13(15)9-12-3-5-14(16)6-4-12/h3-6,11,13,15,17H,7-10H2,1-2H3/t13-,15+/m1/s1. The predicted molar refractivity (Wildman–Crippen MR) is 76.1 cm³/mol. The van der Waals surface area contributed by atoms with Crippen LogP contribution < -0.4 is 5.32 Å². The van der Waals surface area contributed by atoms with Gasteiger partial charge in [-0.15, -0.1) is 0 Å². The van der Waals surface area contributed by atoms with Crippen molar-refractivity contribution in [3.8, 4) is 0 Å². The molecule has 0 bridgehead atoms. The van der Waals surface area contributed by atoms with Crippen LogP contribution in [-0.4, -0.2) is 25.3 Å². The summed E-state index contributed by atoms with van der Waals surface area (Å²) in [5.41, 5.74) is 1.34. The highest BCUT2D eigenvalue weighted by Crippen LogP contribution is 2.21. The first-order chi connectivity index (χ1) is 8.65. The van der Waals surface area contributed by atoms with Crippen LogP contribution in [0.15, 0.2) is 24.3 Å². The van der Waals surface area contributed by atoms with E-state index in [1.807, 2.05) is 12.1 Å². The molecule has 0 aromatic heterocycles. The van der Waals surface area contributed by atoms with Gasteiger partial charge in [-0.2, -0.15) is 0 Å². The summed E-state index contributed by atoms with van der Waals surface area (Å²) in [5.74, 6) is 0.558. The van der Waals surface area contributed by atoms with Crippen molar-refractivity contribution in [3.05, 3.63) is 34.9 Å². The zero-order chi connectivity index (χ0) is 13.0. The summed E-state index contributed by atoms with van der Waals surface area (Å²) >= 11 is 5.91. The van der Waals surface area contributed by atoms with Crippen LogP contribution in [0.1, 0.15) is 25.8 Å². The Morgan fingerprint density at radius 2 is 2.06 bits per heavy atom. The Kier molecular flexibility index (Phi) is 5.04. The summed E-state index contributed by atoms with van der Waals surface area (Å²) < 4.78 is 5.62. The van der Waals surface area contributed by atoms with E-state index in [1.165, 1.54) is 5.56 Å². The van der Waals surface area contributed by atoms with E-state index >= 15 is 0 Å². The third-order valence-electron chi connectivity index (χ3n) is 3.43. The number of nitrogens with one attached hydrogen (secondary N) is 1. The molecular weight excluding hydrogens is 246 g/mol. The summed E-state index contributed by atoms with van der Waals surface area (Å²) in [5, 5.41) is 4.46. The molecule has 0 spiro atoms. The normalized spacial score (nSPS) is 24.4. The molecular formula is C15H22ClNO. The lowest BCUT2D eigenvalue weighted by atomic mass is 9.89. The predicted octanol–water partition coefficient (Wildman–Crippen LogP) is 3.29. The third-order valence-corrected chi connectivity index (χ3v) is 3.68. The van der Waals surface area contributed by atoms with Crippen molar-refractivity contribution >= 4 is 11.6 Å². The number of hydrogen-bond donors (Lipinski definition) is 1. The van der Waals surface area contributed by atoms with E-state index in [-0.39, 0.29) is 0 Å². The highest BCUT2D eigenvalue weighted by molar-refractivity contribution is 6.30. The summed E-state index contributed by atoms with van der Waals surface area (Å²) in [6.07, 6.45) is 2.16. The molecule has 1 N–H and O–H groups in total. The molecule has 0 unspecified atom stereocenters. The average Bonchev–Trinajstić information content (AvgIpc) is 2.34. The van der Waals surface area contributed by atoms with Gasteiger partial charge in [-0.3, -0.25) is 0 Å². The highest BCUT2D eigenvalue weighted by atomic mass is 35.5. The molecule has 1 aromatic rings. The van der Waals surface area contributed by atoms with Crippen LogP contribution >= 0.6 is 11.6 Å². The molecule has 1 saturated heterocycles. The zero-order valence-electron chi connectivity index (χ0n) is 11.2. The van der Waals surface area contributed by atoms with Crippen LogP contribution in [0.25, 0.3) is 0 Å². The van der Waals surface area contributed by atoms with Crippen LogP contribution in [0.5, 0.6) is 0 Å². The molecule has 1 aromatic carbocycles. The van der Waals surface area contributed by atoms with E-state index in [0.29, 0.717) is 18.0 Å². The van der Waals surface area contributed by atoms with Gasteiger partial charge >= 0.3 is 0 Å².